The third kappa shape index (κ3) is 4.44. The number of aromatic nitrogens is 2. The summed E-state index contributed by atoms with van der Waals surface area (Å²) in [6.07, 6.45) is 0.982. The molecule has 1 aromatic heterocycles. The molecule has 6 nitrogen and oxygen atoms in total. The minimum absolute atomic E-state index is 0.159. The monoisotopic (exact) mass is 241 g/mol. The third-order valence-electron chi connectivity index (χ3n) is 2.36. The van der Waals surface area contributed by atoms with E-state index in [2.05, 4.69) is 18.8 Å². The van der Waals surface area contributed by atoms with Crippen molar-refractivity contribution in [3.05, 3.63) is 26.9 Å². The van der Waals surface area contributed by atoms with Gasteiger partial charge in [0.25, 0.3) is 5.56 Å². The van der Waals surface area contributed by atoms with E-state index in [1.807, 2.05) is 0 Å². The van der Waals surface area contributed by atoms with Crippen LogP contribution < -0.4 is 17.0 Å². The first kappa shape index (κ1) is 13.5. The highest BCUT2D eigenvalue weighted by atomic mass is 16.5. The summed E-state index contributed by atoms with van der Waals surface area (Å²) in [6, 6.07) is 1.19. The molecule has 3 N–H and O–H groups in total. The van der Waals surface area contributed by atoms with Crippen LogP contribution in [0.25, 0.3) is 0 Å². The van der Waals surface area contributed by atoms with Gasteiger partial charge in [-0.25, -0.2) is 4.79 Å². The van der Waals surface area contributed by atoms with Crippen LogP contribution in [-0.2, 0) is 11.3 Å². The van der Waals surface area contributed by atoms with Gasteiger partial charge in [0.15, 0.2) is 0 Å². The van der Waals surface area contributed by atoms with Crippen molar-refractivity contribution in [1.29, 1.82) is 0 Å². The van der Waals surface area contributed by atoms with Crippen molar-refractivity contribution in [1.82, 2.24) is 9.55 Å². The van der Waals surface area contributed by atoms with Gasteiger partial charge in [-0.1, -0.05) is 13.8 Å². The van der Waals surface area contributed by atoms with Gasteiger partial charge < -0.3 is 10.5 Å². The van der Waals surface area contributed by atoms with E-state index in [1.165, 1.54) is 10.6 Å². The number of ether oxygens (including phenoxy) is 1. The smallest absolute Gasteiger partial charge is 0.329 e. The second kappa shape index (κ2) is 6.24. The van der Waals surface area contributed by atoms with Crippen LogP contribution in [0.2, 0.25) is 0 Å². The minimum atomic E-state index is -0.498. The van der Waals surface area contributed by atoms with Crippen LogP contribution in [0.5, 0.6) is 0 Å². The highest BCUT2D eigenvalue weighted by molar-refractivity contribution is 5.25. The SMILES string of the molecule is CC(C)CCOCCn1c(N)cc(=O)[nH]c1=O. The standard InChI is InChI=1S/C11H19N3O3/c1-8(2)3-5-17-6-4-14-9(12)7-10(15)13-11(14)16/h7-8H,3-6,12H2,1-2H3,(H,13,15,16). The number of nitrogens with two attached hydrogens (primary N) is 1. The fourth-order valence-corrected chi connectivity index (χ4v) is 1.35. The number of hydrogen-bond acceptors (Lipinski definition) is 4. The number of hydrogen-bond donors (Lipinski definition) is 2. The summed E-state index contributed by atoms with van der Waals surface area (Å²) < 4.78 is 6.67. The fourth-order valence-electron chi connectivity index (χ4n) is 1.35. The maximum Gasteiger partial charge on any atom is 0.329 e. The molecule has 96 valence electrons. The Morgan fingerprint density at radius 2 is 2.12 bits per heavy atom. The van der Waals surface area contributed by atoms with Crippen molar-refractivity contribution in [2.24, 2.45) is 5.92 Å². The van der Waals surface area contributed by atoms with Gasteiger partial charge in [0.2, 0.25) is 0 Å². The van der Waals surface area contributed by atoms with E-state index in [-0.39, 0.29) is 5.82 Å². The van der Waals surface area contributed by atoms with Crippen LogP contribution >= 0.6 is 0 Å². The molecule has 1 heterocycles. The summed E-state index contributed by atoms with van der Waals surface area (Å²) in [5, 5.41) is 0. The topological polar surface area (TPSA) is 90.1 Å². The van der Waals surface area contributed by atoms with Crippen molar-refractivity contribution in [3.8, 4) is 0 Å². The lowest BCUT2D eigenvalue weighted by atomic mass is 10.1. The Morgan fingerprint density at radius 3 is 2.71 bits per heavy atom. The molecule has 0 spiro atoms. The molecule has 0 saturated heterocycles. The van der Waals surface area contributed by atoms with E-state index < -0.39 is 11.2 Å². The Hall–Kier alpha value is -1.56. The van der Waals surface area contributed by atoms with Crippen molar-refractivity contribution in [3.63, 3.8) is 0 Å². The van der Waals surface area contributed by atoms with E-state index in [1.54, 1.807) is 0 Å². The summed E-state index contributed by atoms with van der Waals surface area (Å²) in [6.45, 7) is 5.65. The number of nitrogen functional groups attached to an aromatic ring is 1. The molecule has 0 amide bonds. The molecule has 0 saturated carbocycles. The molecule has 0 bridgehead atoms. The second-order valence-corrected chi connectivity index (χ2v) is 4.31. The Morgan fingerprint density at radius 1 is 1.41 bits per heavy atom. The number of nitrogens with zero attached hydrogens (tertiary/aromatic N) is 1. The Balaban J connectivity index is 2.47. The van der Waals surface area contributed by atoms with Crippen LogP contribution in [0.3, 0.4) is 0 Å². The molecule has 0 aromatic carbocycles. The maximum absolute atomic E-state index is 11.4. The number of rotatable bonds is 6. The lowest BCUT2D eigenvalue weighted by molar-refractivity contribution is 0.116. The van der Waals surface area contributed by atoms with E-state index >= 15 is 0 Å². The highest BCUT2D eigenvalue weighted by Crippen LogP contribution is 1.99. The quantitative estimate of drug-likeness (QED) is 0.695. The largest absolute Gasteiger partial charge is 0.385 e. The van der Waals surface area contributed by atoms with Gasteiger partial charge in [-0.3, -0.25) is 14.3 Å². The fraction of sp³-hybridized carbons (Fsp3) is 0.636. The summed E-state index contributed by atoms with van der Waals surface area (Å²) in [5.41, 5.74) is 4.59. The predicted molar refractivity (Wildman–Crippen MR) is 66.0 cm³/mol. The van der Waals surface area contributed by atoms with Gasteiger partial charge in [0.1, 0.15) is 5.82 Å². The Bertz CT molecular complexity index is 462. The van der Waals surface area contributed by atoms with E-state index in [9.17, 15) is 9.59 Å². The van der Waals surface area contributed by atoms with Gasteiger partial charge in [0, 0.05) is 12.7 Å². The van der Waals surface area contributed by atoms with Crippen LogP contribution in [0.15, 0.2) is 15.7 Å². The van der Waals surface area contributed by atoms with Crippen molar-refractivity contribution in [2.75, 3.05) is 18.9 Å². The van der Waals surface area contributed by atoms with E-state index in [0.29, 0.717) is 25.7 Å². The van der Waals surface area contributed by atoms with Crippen molar-refractivity contribution >= 4 is 5.82 Å². The highest BCUT2D eigenvalue weighted by Gasteiger charge is 2.02. The van der Waals surface area contributed by atoms with Crippen molar-refractivity contribution in [2.45, 2.75) is 26.8 Å². The van der Waals surface area contributed by atoms with E-state index in [4.69, 9.17) is 10.5 Å². The molecule has 0 unspecified atom stereocenters. The zero-order valence-electron chi connectivity index (χ0n) is 10.2. The molecule has 1 rings (SSSR count). The first-order chi connectivity index (χ1) is 8.00. The first-order valence-electron chi connectivity index (χ1n) is 5.68. The average Bonchev–Trinajstić information content (AvgIpc) is 2.20. The molecule has 0 aliphatic rings. The number of nitrogens with one attached hydrogen (secondary N) is 1. The lowest BCUT2D eigenvalue weighted by Crippen LogP contribution is -2.32. The van der Waals surface area contributed by atoms with E-state index in [0.717, 1.165) is 6.42 Å². The Labute approximate surface area is 99.4 Å². The summed E-state index contributed by atoms with van der Waals surface area (Å²) in [7, 11) is 0. The van der Waals surface area contributed by atoms with Gasteiger partial charge in [-0.15, -0.1) is 0 Å². The number of aromatic amines is 1. The minimum Gasteiger partial charge on any atom is -0.385 e. The summed E-state index contributed by atoms with van der Waals surface area (Å²) in [5.74, 6) is 0.752. The van der Waals surface area contributed by atoms with Gasteiger partial charge >= 0.3 is 5.69 Å². The lowest BCUT2D eigenvalue weighted by Gasteiger charge is -2.09. The normalized spacial score (nSPS) is 11.0. The van der Waals surface area contributed by atoms with Crippen LogP contribution in [0.1, 0.15) is 20.3 Å². The average molecular weight is 241 g/mol. The zero-order chi connectivity index (χ0) is 12.8. The molecular formula is C11H19N3O3. The third-order valence-corrected chi connectivity index (χ3v) is 2.36. The van der Waals surface area contributed by atoms with Gasteiger partial charge in [-0.2, -0.15) is 0 Å². The number of anilines is 1. The van der Waals surface area contributed by atoms with Crippen LogP contribution in [0.4, 0.5) is 5.82 Å². The van der Waals surface area contributed by atoms with Gasteiger partial charge in [-0.05, 0) is 12.3 Å². The molecule has 6 heteroatoms. The summed E-state index contributed by atoms with van der Waals surface area (Å²) in [4.78, 5) is 24.5. The molecule has 0 radical (unpaired) electrons. The summed E-state index contributed by atoms with van der Waals surface area (Å²) >= 11 is 0. The molecule has 0 aliphatic heterocycles. The second-order valence-electron chi connectivity index (χ2n) is 4.31. The van der Waals surface area contributed by atoms with Crippen LogP contribution in [-0.4, -0.2) is 22.8 Å². The zero-order valence-corrected chi connectivity index (χ0v) is 10.2. The molecule has 0 fully saturated rings. The molecular weight excluding hydrogens is 222 g/mol. The maximum atomic E-state index is 11.4. The molecule has 0 atom stereocenters. The molecule has 1 aromatic rings. The molecule has 17 heavy (non-hydrogen) atoms. The predicted octanol–water partition coefficient (Wildman–Crippen LogP) is 0.182. The van der Waals surface area contributed by atoms with Gasteiger partial charge in [0.05, 0.1) is 13.2 Å². The number of H-pyrrole nitrogens is 1. The first-order valence-corrected chi connectivity index (χ1v) is 5.68. The van der Waals surface area contributed by atoms with Crippen LogP contribution in [0, 0.1) is 5.92 Å². The van der Waals surface area contributed by atoms with Crippen molar-refractivity contribution < 1.29 is 4.74 Å². The Kier molecular flexibility index (Phi) is 4.96. The molecule has 0 aliphatic carbocycles.